The van der Waals surface area contributed by atoms with Crippen molar-refractivity contribution in [3.05, 3.63) is 29.8 Å². The number of likely N-dealkylation sites (N-methyl/N-ethyl adjacent to an activating group) is 1. The van der Waals surface area contributed by atoms with Crippen LogP contribution in [0.2, 0.25) is 0 Å². The molecular formula is C19H25N3O3. The van der Waals surface area contributed by atoms with Gasteiger partial charge >= 0.3 is 0 Å². The Bertz CT molecular complexity index is 678. The Morgan fingerprint density at radius 1 is 1.24 bits per heavy atom. The molecule has 0 aliphatic carbocycles. The van der Waals surface area contributed by atoms with E-state index in [0.717, 1.165) is 37.2 Å². The van der Waals surface area contributed by atoms with Crippen LogP contribution in [-0.4, -0.2) is 72.4 Å². The van der Waals surface area contributed by atoms with Gasteiger partial charge in [0.05, 0.1) is 12.5 Å². The van der Waals surface area contributed by atoms with Gasteiger partial charge in [-0.2, -0.15) is 0 Å². The van der Waals surface area contributed by atoms with Crippen LogP contribution < -0.4 is 4.74 Å². The van der Waals surface area contributed by atoms with Crippen molar-refractivity contribution < 1.29 is 14.3 Å². The fourth-order valence-corrected chi connectivity index (χ4v) is 4.17. The van der Waals surface area contributed by atoms with E-state index < -0.39 is 0 Å². The van der Waals surface area contributed by atoms with Crippen molar-refractivity contribution in [3.8, 4) is 5.75 Å². The normalized spacial score (nSPS) is 26.7. The Balaban J connectivity index is 1.43. The van der Waals surface area contributed by atoms with Crippen LogP contribution in [0.1, 0.15) is 18.4 Å². The quantitative estimate of drug-likeness (QED) is 0.803. The molecule has 2 atom stereocenters. The third kappa shape index (κ3) is 3.23. The molecule has 4 heterocycles. The Labute approximate surface area is 148 Å². The van der Waals surface area contributed by atoms with Crippen LogP contribution in [0, 0.1) is 5.92 Å². The first kappa shape index (κ1) is 16.4. The maximum atomic E-state index is 12.9. The topological polar surface area (TPSA) is 53.1 Å². The Kier molecular flexibility index (Phi) is 4.37. The third-order valence-electron chi connectivity index (χ3n) is 5.71. The average molecular weight is 343 g/mol. The number of benzene rings is 1. The second-order valence-corrected chi connectivity index (χ2v) is 7.34. The number of fused-ring (bicyclic) bond motifs is 5. The van der Waals surface area contributed by atoms with Gasteiger partial charge in [-0.1, -0.05) is 18.2 Å². The molecule has 0 N–H and O–H groups in total. The highest BCUT2D eigenvalue weighted by molar-refractivity contribution is 5.83. The van der Waals surface area contributed by atoms with Gasteiger partial charge in [0.15, 0.2) is 0 Å². The molecule has 2 bridgehead atoms. The molecule has 2 amide bonds. The lowest BCUT2D eigenvalue weighted by Gasteiger charge is -2.32. The van der Waals surface area contributed by atoms with Gasteiger partial charge in [-0.25, -0.2) is 0 Å². The van der Waals surface area contributed by atoms with Gasteiger partial charge < -0.3 is 14.5 Å². The molecule has 6 heteroatoms. The van der Waals surface area contributed by atoms with Crippen molar-refractivity contribution in [1.29, 1.82) is 0 Å². The van der Waals surface area contributed by atoms with E-state index in [-0.39, 0.29) is 23.8 Å². The first-order valence-corrected chi connectivity index (χ1v) is 9.09. The smallest absolute Gasteiger partial charge is 0.236 e. The summed E-state index contributed by atoms with van der Waals surface area (Å²) in [6.45, 7) is 3.67. The van der Waals surface area contributed by atoms with E-state index in [1.807, 2.05) is 35.0 Å². The number of hydrogen-bond acceptors (Lipinski definition) is 4. The highest BCUT2D eigenvalue weighted by Gasteiger charge is 2.40. The number of ether oxygens (including phenoxy) is 1. The van der Waals surface area contributed by atoms with Crippen LogP contribution in [0.15, 0.2) is 24.3 Å². The van der Waals surface area contributed by atoms with Crippen molar-refractivity contribution in [2.24, 2.45) is 5.92 Å². The molecule has 0 aromatic heterocycles. The predicted octanol–water partition coefficient (Wildman–Crippen LogP) is 0.960. The fraction of sp³-hybridized carbons (Fsp3) is 0.579. The Morgan fingerprint density at radius 2 is 2.08 bits per heavy atom. The molecule has 1 aromatic carbocycles. The zero-order valence-corrected chi connectivity index (χ0v) is 14.7. The van der Waals surface area contributed by atoms with E-state index in [2.05, 4.69) is 11.0 Å². The highest BCUT2D eigenvalue weighted by Crippen LogP contribution is 2.28. The number of para-hydroxylation sites is 1. The zero-order valence-electron chi connectivity index (χ0n) is 14.7. The van der Waals surface area contributed by atoms with Gasteiger partial charge in [0.2, 0.25) is 11.8 Å². The molecule has 0 spiro atoms. The van der Waals surface area contributed by atoms with Gasteiger partial charge in [-0.3, -0.25) is 14.5 Å². The summed E-state index contributed by atoms with van der Waals surface area (Å²) < 4.78 is 5.78. The fourth-order valence-electron chi connectivity index (χ4n) is 4.17. The largest absolute Gasteiger partial charge is 0.492 e. The Morgan fingerprint density at radius 3 is 2.96 bits per heavy atom. The van der Waals surface area contributed by atoms with Crippen LogP contribution in [0.3, 0.4) is 0 Å². The van der Waals surface area contributed by atoms with Crippen molar-refractivity contribution in [1.82, 2.24) is 14.7 Å². The van der Waals surface area contributed by atoms with Gasteiger partial charge in [0.1, 0.15) is 12.4 Å². The van der Waals surface area contributed by atoms with Gasteiger partial charge in [-0.05, 0) is 18.9 Å². The molecule has 134 valence electrons. The van der Waals surface area contributed by atoms with Crippen molar-refractivity contribution >= 4 is 11.8 Å². The van der Waals surface area contributed by atoms with E-state index in [1.165, 1.54) is 0 Å². The minimum absolute atomic E-state index is 0.0270. The zero-order chi connectivity index (χ0) is 17.4. The molecule has 4 aliphatic heterocycles. The van der Waals surface area contributed by atoms with Crippen LogP contribution >= 0.6 is 0 Å². The second kappa shape index (κ2) is 6.67. The van der Waals surface area contributed by atoms with E-state index in [4.69, 9.17) is 4.74 Å². The van der Waals surface area contributed by atoms with E-state index >= 15 is 0 Å². The first-order chi connectivity index (χ1) is 12.1. The lowest BCUT2D eigenvalue weighted by Crippen LogP contribution is -2.46. The summed E-state index contributed by atoms with van der Waals surface area (Å²) >= 11 is 0. The molecule has 0 unspecified atom stereocenters. The number of rotatable bonds is 2. The molecule has 0 saturated carbocycles. The van der Waals surface area contributed by atoms with Crippen molar-refractivity contribution in [2.75, 3.05) is 39.8 Å². The van der Waals surface area contributed by atoms with Crippen LogP contribution in [0.25, 0.3) is 0 Å². The lowest BCUT2D eigenvalue weighted by molar-refractivity contribution is -0.138. The van der Waals surface area contributed by atoms with Gasteiger partial charge in [0.25, 0.3) is 0 Å². The minimum atomic E-state index is -0.0270. The molecule has 3 fully saturated rings. The SMILES string of the molecule is CN1C(=O)[C@H]2CC[C@@H]1CN(C(=O)CN1CCOc3ccccc3C1)C2. The number of carbonyl (C=O) groups excluding carboxylic acids is 2. The van der Waals surface area contributed by atoms with E-state index in [9.17, 15) is 9.59 Å². The number of carbonyl (C=O) groups is 2. The summed E-state index contributed by atoms with van der Waals surface area (Å²) in [6, 6.07) is 8.18. The summed E-state index contributed by atoms with van der Waals surface area (Å²) in [4.78, 5) is 31.1. The first-order valence-electron chi connectivity index (χ1n) is 9.09. The summed E-state index contributed by atoms with van der Waals surface area (Å²) in [5.41, 5.74) is 1.12. The Hall–Kier alpha value is -2.08. The summed E-state index contributed by atoms with van der Waals surface area (Å²) in [5, 5.41) is 0. The molecule has 6 nitrogen and oxygen atoms in total. The van der Waals surface area contributed by atoms with Crippen molar-refractivity contribution in [3.63, 3.8) is 0 Å². The molecule has 1 aromatic rings. The molecule has 25 heavy (non-hydrogen) atoms. The number of hydrogen-bond donors (Lipinski definition) is 0. The summed E-state index contributed by atoms with van der Waals surface area (Å²) in [6.07, 6.45) is 1.91. The predicted molar refractivity (Wildman–Crippen MR) is 93.1 cm³/mol. The van der Waals surface area contributed by atoms with E-state index in [1.54, 1.807) is 0 Å². The number of amides is 2. The third-order valence-corrected chi connectivity index (χ3v) is 5.71. The molecule has 3 saturated heterocycles. The number of piperidine rings is 1. The lowest BCUT2D eigenvalue weighted by atomic mass is 9.95. The van der Waals surface area contributed by atoms with Crippen LogP contribution in [0.4, 0.5) is 0 Å². The minimum Gasteiger partial charge on any atom is -0.492 e. The maximum Gasteiger partial charge on any atom is 0.236 e. The average Bonchev–Trinajstić information content (AvgIpc) is 2.99. The van der Waals surface area contributed by atoms with Crippen molar-refractivity contribution in [2.45, 2.75) is 25.4 Å². The van der Waals surface area contributed by atoms with Crippen LogP contribution in [0.5, 0.6) is 5.75 Å². The molecule has 5 rings (SSSR count). The summed E-state index contributed by atoms with van der Waals surface area (Å²) in [7, 11) is 1.87. The monoisotopic (exact) mass is 343 g/mol. The molecule has 0 radical (unpaired) electrons. The van der Waals surface area contributed by atoms with Gasteiger partial charge in [0, 0.05) is 44.8 Å². The second-order valence-electron chi connectivity index (χ2n) is 7.34. The van der Waals surface area contributed by atoms with E-state index in [0.29, 0.717) is 26.2 Å². The maximum absolute atomic E-state index is 12.9. The molecule has 4 aliphatic rings. The molecular weight excluding hydrogens is 318 g/mol. The van der Waals surface area contributed by atoms with Gasteiger partial charge in [-0.15, -0.1) is 0 Å². The highest BCUT2D eigenvalue weighted by atomic mass is 16.5. The summed E-state index contributed by atoms with van der Waals surface area (Å²) in [5.74, 6) is 1.21. The van der Waals surface area contributed by atoms with Crippen LogP contribution in [-0.2, 0) is 16.1 Å². The standard InChI is InChI=1S/C19H25N3O3/c1-20-16-7-6-15(19(20)24)11-22(12-16)18(23)13-21-8-9-25-17-5-3-2-4-14(17)10-21/h2-5,15-16H,6-13H2,1H3/t15-,16+/m0/s1. The number of nitrogens with zero attached hydrogens (tertiary/aromatic N) is 3.